The van der Waals surface area contributed by atoms with E-state index >= 15 is 0 Å². The third kappa shape index (κ3) is 5.75. The molecule has 3 nitrogen and oxygen atoms in total. The van der Waals surface area contributed by atoms with Crippen LogP contribution in [-0.2, 0) is 17.1 Å². The number of phenols is 1. The molecule has 0 radical (unpaired) electrons. The van der Waals surface area contributed by atoms with Gasteiger partial charge in [0.15, 0.2) is 5.78 Å². The molecule has 31 heavy (non-hydrogen) atoms. The highest BCUT2D eigenvalue weighted by Gasteiger charge is 2.24. The summed E-state index contributed by atoms with van der Waals surface area (Å²) in [5, 5.41) is 11.1. The summed E-state index contributed by atoms with van der Waals surface area (Å²) in [5.41, 5.74) is 2.19. The van der Waals surface area contributed by atoms with Crippen LogP contribution in [0.3, 0.4) is 0 Å². The first-order valence-corrected chi connectivity index (χ1v) is 10.2. The Morgan fingerprint density at radius 1 is 1.06 bits per heavy atom. The molecule has 3 aromatic rings. The quantitative estimate of drug-likeness (QED) is 0.407. The van der Waals surface area contributed by atoms with Gasteiger partial charge in [0, 0.05) is 34.5 Å². The Kier molecular flexibility index (Phi) is 6.87. The zero-order chi connectivity index (χ0) is 22.8. The SMILES string of the molecule is CC(=O)COc1cc(Cl)c(Cc2ccc(O)c(-c3cccc(C(C)(F)F)c3)c2)c(Cl)c1. The first kappa shape index (κ1) is 23.0. The predicted molar refractivity (Wildman–Crippen MR) is 119 cm³/mol. The lowest BCUT2D eigenvalue weighted by molar-refractivity contribution is -0.118. The fourth-order valence-corrected chi connectivity index (χ4v) is 3.71. The molecule has 3 rings (SSSR count). The molecule has 0 aliphatic rings. The van der Waals surface area contributed by atoms with Crippen molar-refractivity contribution < 1.29 is 23.4 Å². The van der Waals surface area contributed by atoms with Gasteiger partial charge in [0.05, 0.1) is 0 Å². The van der Waals surface area contributed by atoms with Crippen LogP contribution in [0.25, 0.3) is 11.1 Å². The molecule has 7 heteroatoms. The first-order valence-electron chi connectivity index (χ1n) is 9.45. The number of phenolic OH excluding ortho intramolecular Hbond substituents is 1. The van der Waals surface area contributed by atoms with Crippen molar-refractivity contribution in [3.05, 3.63) is 81.3 Å². The van der Waals surface area contributed by atoms with Crippen LogP contribution < -0.4 is 4.74 Å². The lowest BCUT2D eigenvalue weighted by Gasteiger charge is -2.14. The van der Waals surface area contributed by atoms with Gasteiger partial charge in [0.1, 0.15) is 18.1 Å². The average Bonchev–Trinajstić information content (AvgIpc) is 2.69. The molecule has 0 saturated heterocycles. The van der Waals surface area contributed by atoms with Crippen molar-refractivity contribution in [2.45, 2.75) is 26.2 Å². The van der Waals surface area contributed by atoms with Gasteiger partial charge >= 0.3 is 0 Å². The van der Waals surface area contributed by atoms with Gasteiger partial charge < -0.3 is 9.84 Å². The normalized spacial score (nSPS) is 11.4. The molecule has 0 aliphatic heterocycles. The number of halogens is 4. The van der Waals surface area contributed by atoms with Crippen molar-refractivity contribution in [1.82, 2.24) is 0 Å². The number of benzene rings is 3. The summed E-state index contributed by atoms with van der Waals surface area (Å²) in [5.74, 6) is -2.75. The number of Topliss-reactive ketones (excluding diaryl/α,β-unsaturated/α-hetero) is 1. The molecule has 0 heterocycles. The fraction of sp³-hybridized carbons (Fsp3) is 0.208. The number of carbonyl (C=O) groups is 1. The van der Waals surface area contributed by atoms with Crippen molar-refractivity contribution in [3.63, 3.8) is 0 Å². The Labute approximate surface area is 189 Å². The molecule has 0 saturated carbocycles. The van der Waals surface area contributed by atoms with E-state index in [1.54, 1.807) is 30.3 Å². The molecule has 0 aliphatic carbocycles. The van der Waals surface area contributed by atoms with Crippen molar-refractivity contribution >= 4 is 29.0 Å². The Hall–Kier alpha value is -2.63. The first-order chi connectivity index (χ1) is 14.5. The third-order valence-corrected chi connectivity index (χ3v) is 5.35. The van der Waals surface area contributed by atoms with Crippen LogP contribution in [0.4, 0.5) is 8.78 Å². The molecular formula is C24H20Cl2F2O3. The Morgan fingerprint density at radius 3 is 2.35 bits per heavy atom. The van der Waals surface area contributed by atoms with E-state index in [1.807, 2.05) is 0 Å². The van der Waals surface area contributed by atoms with Crippen LogP contribution in [-0.4, -0.2) is 17.5 Å². The van der Waals surface area contributed by atoms with Crippen LogP contribution in [0, 0.1) is 0 Å². The lowest BCUT2D eigenvalue weighted by atomic mass is 9.96. The minimum atomic E-state index is -2.99. The monoisotopic (exact) mass is 464 g/mol. The van der Waals surface area contributed by atoms with E-state index in [1.165, 1.54) is 31.2 Å². The van der Waals surface area contributed by atoms with E-state index in [9.17, 15) is 18.7 Å². The molecule has 3 aromatic carbocycles. The summed E-state index contributed by atoms with van der Waals surface area (Å²) >= 11 is 12.8. The minimum absolute atomic E-state index is 0.0227. The highest BCUT2D eigenvalue weighted by Crippen LogP contribution is 2.37. The van der Waals surface area contributed by atoms with Crippen LogP contribution in [0.1, 0.15) is 30.5 Å². The number of alkyl halides is 2. The molecule has 162 valence electrons. The number of carbonyl (C=O) groups excluding carboxylic acids is 1. The number of hydrogen-bond acceptors (Lipinski definition) is 3. The number of aromatic hydroxyl groups is 1. The van der Waals surface area contributed by atoms with Gasteiger partial charge in [-0.25, -0.2) is 8.78 Å². The van der Waals surface area contributed by atoms with Crippen LogP contribution >= 0.6 is 23.2 Å². The molecule has 0 bridgehead atoms. The molecule has 0 unspecified atom stereocenters. The summed E-state index contributed by atoms with van der Waals surface area (Å²) in [4.78, 5) is 11.1. The summed E-state index contributed by atoms with van der Waals surface area (Å²) in [6.07, 6.45) is 0.349. The van der Waals surface area contributed by atoms with E-state index in [0.29, 0.717) is 38.9 Å². The lowest BCUT2D eigenvalue weighted by Crippen LogP contribution is -2.07. The van der Waals surface area contributed by atoms with Gasteiger partial charge in [0.25, 0.3) is 5.92 Å². The molecule has 1 N–H and O–H groups in total. The molecule has 0 fully saturated rings. The molecule has 0 amide bonds. The van der Waals surface area contributed by atoms with Crippen LogP contribution in [0.15, 0.2) is 54.6 Å². The van der Waals surface area contributed by atoms with Crippen LogP contribution in [0.5, 0.6) is 11.5 Å². The smallest absolute Gasteiger partial charge is 0.270 e. The molecule has 0 atom stereocenters. The maximum atomic E-state index is 13.7. The predicted octanol–water partition coefficient (Wildman–Crippen LogP) is 7.04. The second kappa shape index (κ2) is 9.25. The summed E-state index contributed by atoms with van der Waals surface area (Å²) in [7, 11) is 0. The van der Waals surface area contributed by atoms with Gasteiger partial charge in [-0.2, -0.15) is 0 Å². The Morgan fingerprint density at radius 2 is 1.74 bits per heavy atom. The van der Waals surface area contributed by atoms with Crippen molar-refractivity contribution in [2.24, 2.45) is 0 Å². The zero-order valence-electron chi connectivity index (χ0n) is 16.9. The van der Waals surface area contributed by atoms with Crippen molar-refractivity contribution in [2.75, 3.05) is 6.61 Å². The summed E-state index contributed by atoms with van der Waals surface area (Å²) in [6.45, 7) is 2.16. The molecule has 0 spiro atoms. The summed E-state index contributed by atoms with van der Waals surface area (Å²) in [6, 6.07) is 14.0. The van der Waals surface area contributed by atoms with Crippen molar-refractivity contribution in [1.29, 1.82) is 0 Å². The number of rotatable bonds is 7. The summed E-state index contributed by atoms with van der Waals surface area (Å²) < 4.78 is 32.8. The van der Waals surface area contributed by atoms with E-state index < -0.39 is 5.92 Å². The standard InChI is InChI=1S/C24H20Cl2F2O3/c1-14(29)13-31-18-11-21(25)20(22(26)12-18)9-15-6-7-23(30)19(8-15)16-4-3-5-17(10-16)24(2,27)28/h3-8,10-12,30H,9,13H2,1-2H3. The second-order valence-corrected chi connectivity index (χ2v) is 8.17. The fourth-order valence-electron chi connectivity index (χ4n) is 3.11. The maximum absolute atomic E-state index is 13.7. The van der Waals surface area contributed by atoms with E-state index in [-0.39, 0.29) is 23.7 Å². The zero-order valence-corrected chi connectivity index (χ0v) is 18.4. The Bertz CT molecular complexity index is 1100. The van der Waals surface area contributed by atoms with Gasteiger partial charge in [-0.05, 0) is 53.9 Å². The number of ether oxygens (including phenoxy) is 1. The van der Waals surface area contributed by atoms with E-state index in [0.717, 1.165) is 12.5 Å². The number of hydrogen-bond donors (Lipinski definition) is 1. The number of ketones is 1. The van der Waals surface area contributed by atoms with E-state index in [2.05, 4.69) is 0 Å². The minimum Gasteiger partial charge on any atom is -0.507 e. The average molecular weight is 465 g/mol. The second-order valence-electron chi connectivity index (χ2n) is 7.35. The molecular weight excluding hydrogens is 445 g/mol. The van der Waals surface area contributed by atoms with Gasteiger partial charge in [0.2, 0.25) is 0 Å². The largest absolute Gasteiger partial charge is 0.507 e. The van der Waals surface area contributed by atoms with Gasteiger partial charge in [-0.1, -0.05) is 47.5 Å². The van der Waals surface area contributed by atoms with Gasteiger partial charge in [-0.3, -0.25) is 4.79 Å². The maximum Gasteiger partial charge on any atom is 0.270 e. The van der Waals surface area contributed by atoms with Gasteiger partial charge in [-0.15, -0.1) is 0 Å². The highest BCUT2D eigenvalue weighted by molar-refractivity contribution is 6.36. The Balaban J connectivity index is 1.92. The van der Waals surface area contributed by atoms with E-state index in [4.69, 9.17) is 27.9 Å². The van der Waals surface area contributed by atoms with Crippen LogP contribution in [0.2, 0.25) is 10.0 Å². The third-order valence-electron chi connectivity index (χ3n) is 4.68. The van der Waals surface area contributed by atoms with Crippen molar-refractivity contribution in [3.8, 4) is 22.6 Å². The molecule has 0 aromatic heterocycles. The topological polar surface area (TPSA) is 46.5 Å². The highest BCUT2D eigenvalue weighted by atomic mass is 35.5.